The van der Waals surface area contributed by atoms with Crippen LogP contribution in [0.5, 0.6) is 5.75 Å². The molecule has 106 valence electrons. The highest BCUT2D eigenvalue weighted by atomic mass is 16.5. The maximum Gasteiger partial charge on any atom is 0.258 e. The lowest BCUT2D eigenvalue weighted by Crippen LogP contribution is -2.43. The highest BCUT2D eigenvalue weighted by Gasteiger charge is 2.15. The highest BCUT2D eigenvalue weighted by Crippen LogP contribution is 2.20. The number of hydrogen-bond acceptors (Lipinski definition) is 3. The zero-order valence-electron chi connectivity index (χ0n) is 12.1. The molecule has 0 aliphatic rings. The van der Waals surface area contributed by atoms with Crippen molar-refractivity contribution in [3.8, 4) is 5.75 Å². The third-order valence-electron chi connectivity index (χ3n) is 3.26. The minimum Gasteiger partial charge on any atom is -0.483 e. The molecule has 0 radical (unpaired) electrons. The number of aliphatic hydroxyl groups is 1. The number of ether oxygens (including phenoxy) is 1. The highest BCUT2D eigenvalue weighted by molar-refractivity contribution is 5.77. The molecule has 2 N–H and O–H groups in total. The van der Waals surface area contributed by atoms with Crippen molar-refractivity contribution in [1.82, 2.24) is 5.32 Å². The predicted octanol–water partition coefficient (Wildman–Crippen LogP) is 1.82. The van der Waals surface area contributed by atoms with E-state index in [1.807, 2.05) is 45.9 Å². The Balaban J connectivity index is 2.52. The van der Waals surface area contributed by atoms with Crippen molar-refractivity contribution in [1.29, 1.82) is 0 Å². The molecule has 0 bridgehead atoms. The Morgan fingerprint density at radius 1 is 1.37 bits per heavy atom. The van der Waals surface area contributed by atoms with Gasteiger partial charge in [-0.05, 0) is 37.0 Å². The fourth-order valence-corrected chi connectivity index (χ4v) is 1.70. The van der Waals surface area contributed by atoms with Gasteiger partial charge < -0.3 is 15.2 Å². The molecule has 1 rings (SSSR count). The summed E-state index contributed by atoms with van der Waals surface area (Å²) in [4.78, 5) is 11.7. The van der Waals surface area contributed by atoms with Crippen LogP contribution in [0, 0.1) is 19.8 Å². The van der Waals surface area contributed by atoms with Gasteiger partial charge in [0, 0.05) is 0 Å². The molecule has 4 heteroatoms. The van der Waals surface area contributed by atoms with Gasteiger partial charge in [-0.1, -0.05) is 26.0 Å². The van der Waals surface area contributed by atoms with Gasteiger partial charge in [-0.25, -0.2) is 0 Å². The summed E-state index contributed by atoms with van der Waals surface area (Å²) >= 11 is 0. The molecule has 1 amide bonds. The van der Waals surface area contributed by atoms with Crippen LogP contribution in [0.15, 0.2) is 18.2 Å². The van der Waals surface area contributed by atoms with Gasteiger partial charge in [0.2, 0.25) is 0 Å². The van der Waals surface area contributed by atoms with Crippen LogP contribution < -0.4 is 10.1 Å². The van der Waals surface area contributed by atoms with Gasteiger partial charge in [-0.15, -0.1) is 0 Å². The lowest BCUT2D eigenvalue weighted by atomic mass is 10.1. The Bertz CT molecular complexity index is 429. The van der Waals surface area contributed by atoms with Crippen LogP contribution in [0.1, 0.15) is 25.0 Å². The summed E-state index contributed by atoms with van der Waals surface area (Å²) in [7, 11) is 0. The van der Waals surface area contributed by atoms with Crippen molar-refractivity contribution in [2.45, 2.75) is 33.7 Å². The largest absolute Gasteiger partial charge is 0.483 e. The van der Waals surface area contributed by atoms with Crippen LogP contribution in [0.4, 0.5) is 0 Å². The van der Waals surface area contributed by atoms with Crippen molar-refractivity contribution in [2.24, 2.45) is 5.92 Å². The van der Waals surface area contributed by atoms with Gasteiger partial charge in [-0.3, -0.25) is 4.79 Å². The molecule has 0 fully saturated rings. The first-order valence-electron chi connectivity index (χ1n) is 6.55. The topological polar surface area (TPSA) is 58.6 Å². The molecule has 19 heavy (non-hydrogen) atoms. The second-order valence-electron chi connectivity index (χ2n) is 5.09. The number of nitrogens with one attached hydrogen (secondary N) is 1. The Morgan fingerprint density at radius 2 is 2.05 bits per heavy atom. The summed E-state index contributed by atoms with van der Waals surface area (Å²) in [5, 5.41) is 11.9. The molecule has 0 saturated carbocycles. The van der Waals surface area contributed by atoms with Gasteiger partial charge >= 0.3 is 0 Å². The van der Waals surface area contributed by atoms with E-state index in [0.717, 1.165) is 16.9 Å². The minimum absolute atomic E-state index is 0.0342. The summed E-state index contributed by atoms with van der Waals surface area (Å²) in [5.74, 6) is 0.698. The van der Waals surface area contributed by atoms with Crippen LogP contribution in [-0.2, 0) is 4.79 Å². The normalized spacial score (nSPS) is 12.3. The minimum atomic E-state index is -0.227. The Labute approximate surface area is 114 Å². The third-order valence-corrected chi connectivity index (χ3v) is 3.26. The quantitative estimate of drug-likeness (QED) is 0.825. The first-order chi connectivity index (χ1) is 8.95. The number of hydrogen-bond donors (Lipinski definition) is 2. The second-order valence-corrected chi connectivity index (χ2v) is 5.09. The first-order valence-corrected chi connectivity index (χ1v) is 6.55. The molecule has 0 aliphatic heterocycles. The molecule has 1 aromatic carbocycles. The number of benzene rings is 1. The van der Waals surface area contributed by atoms with Crippen LogP contribution in [0.2, 0.25) is 0 Å². The smallest absolute Gasteiger partial charge is 0.258 e. The van der Waals surface area contributed by atoms with E-state index in [1.165, 1.54) is 0 Å². The van der Waals surface area contributed by atoms with E-state index in [9.17, 15) is 4.79 Å². The van der Waals surface area contributed by atoms with Crippen LogP contribution in [-0.4, -0.2) is 30.3 Å². The van der Waals surface area contributed by atoms with Gasteiger partial charge in [0.1, 0.15) is 5.75 Å². The lowest BCUT2D eigenvalue weighted by molar-refractivity contribution is -0.124. The number of carbonyl (C=O) groups excluding carboxylic acids is 1. The van der Waals surface area contributed by atoms with Crippen LogP contribution in [0.25, 0.3) is 0 Å². The van der Waals surface area contributed by atoms with E-state index in [2.05, 4.69) is 5.32 Å². The fraction of sp³-hybridized carbons (Fsp3) is 0.533. The van der Waals surface area contributed by atoms with E-state index < -0.39 is 0 Å². The molecule has 1 atom stereocenters. The molecule has 0 heterocycles. The Hall–Kier alpha value is -1.55. The van der Waals surface area contributed by atoms with Gasteiger partial charge in [0.15, 0.2) is 6.61 Å². The summed E-state index contributed by atoms with van der Waals surface area (Å²) in [6, 6.07) is 5.53. The van der Waals surface area contributed by atoms with Crippen LogP contribution in [0.3, 0.4) is 0 Å². The van der Waals surface area contributed by atoms with E-state index in [-0.39, 0.29) is 31.1 Å². The standard InChI is InChI=1S/C15H23NO3/c1-10(2)13(8-17)16-15(18)9-19-14-7-5-6-11(3)12(14)4/h5-7,10,13,17H,8-9H2,1-4H3,(H,16,18). The molecule has 4 nitrogen and oxygen atoms in total. The number of carbonyl (C=O) groups is 1. The maximum absolute atomic E-state index is 11.7. The molecule has 0 aromatic heterocycles. The Morgan fingerprint density at radius 3 is 2.63 bits per heavy atom. The van der Waals surface area contributed by atoms with Gasteiger partial charge in [-0.2, -0.15) is 0 Å². The van der Waals surface area contributed by atoms with Crippen molar-refractivity contribution in [3.05, 3.63) is 29.3 Å². The van der Waals surface area contributed by atoms with Crippen molar-refractivity contribution < 1.29 is 14.6 Å². The molecule has 0 aliphatic carbocycles. The second kappa shape index (κ2) is 7.14. The molecular weight excluding hydrogens is 242 g/mol. The number of amides is 1. The number of rotatable bonds is 6. The first kappa shape index (κ1) is 15.5. The third kappa shape index (κ3) is 4.56. The van der Waals surface area contributed by atoms with Crippen molar-refractivity contribution in [3.63, 3.8) is 0 Å². The zero-order valence-corrected chi connectivity index (χ0v) is 12.1. The van der Waals surface area contributed by atoms with Crippen molar-refractivity contribution in [2.75, 3.05) is 13.2 Å². The van der Waals surface area contributed by atoms with E-state index >= 15 is 0 Å². The molecule has 1 unspecified atom stereocenters. The molecular formula is C15H23NO3. The molecule has 1 aromatic rings. The molecule has 0 saturated heterocycles. The Kier molecular flexibility index (Phi) is 5.83. The SMILES string of the molecule is Cc1cccc(OCC(=O)NC(CO)C(C)C)c1C. The average Bonchev–Trinajstić information content (AvgIpc) is 2.37. The summed E-state index contributed by atoms with van der Waals surface area (Å²) in [5.41, 5.74) is 2.17. The monoisotopic (exact) mass is 265 g/mol. The van der Waals surface area contributed by atoms with Crippen molar-refractivity contribution >= 4 is 5.91 Å². The number of aryl methyl sites for hydroxylation is 1. The van der Waals surface area contributed by atoms with E-state index in [0.29, 0.717) is 0 Å². The van der Waals surface area contributed by atoms with E-state index in [4.69, 9.17) is 9.84 Å². The maximum atomic E-state index is 11.7. The average molecular weight is 265 g/mol. The fourth-order valence-electron chi connectivity index (χ4n) is 1.70. The summed E-state index contributed by atoms with van der Waals surface area (Å²) in [6.45, 7) is 7.77. The zero-order chi connectivity index (χ0) is 14.4. The van der Waals surface area contributed by atoms with E-state index in [1.54, 1.807) is 0 Å². The lowest BCUT2D eigenvalue weighted by Gasteiger charge is -2.20. The summed E-state index contributed by atoms with van der Waals surface area (Å²) < 4.78 is 5.51. The molecule has 0 spiro atoms. The summed E-state index contributed by atoms with van der Waals surface area (Å²) in [6.07, 6.45) is 0. The van der Waals surface area contributed by atoms with Gasteiger partial charge in [0.05, 0.1) is 12.6 Å². The van der Waals surface area contributed by atoms with Crippen LogP contribution >= 0.6 is 0 Å². The predicted molar refractivity (Wildman–Crippen MR) is 75.3 cm³/mol. The van der Waals surface area contributed by atoms with Gasteiger partial charge in [0.25, 0.3) is 5.91 Å². The number of aliphatic hydroxyl groups excluding tert-OH is 1.